The molecule has 0 amide bonds. The summed E-state index contributed by atoms with van der Waals surface area (Å²) in [7, 11) is 6.39. The van der Waals surface area contributed by atoms with Gasteiger partial charge in [0.2, 0.25) is 5.60 Å². The predicted octanol–water partition coefficient (Wildman–Crippen LogP) is 4.48. The number of benzene rings is 1. The summed E-state index contributed by atoms with van der Waals surface area (Å²) in [6.45, 7) is 9.70. The Bertz CT molecular complexity index is 2090. The molecule has 1 saturated carbocycles. The van der Waals surface area contributed by atoms with E-state index in [1.807, 2.05) is 18.0 Å². The van der Waals surface area contributed by atoms with Crippen molar-refractivity contribution >= 4 is 28.8 Å². The highest BCUT2D eigenvalue weighted by Gasteiger charge is 2.79. The van der Waals surface area contributed by atoms with Crippen molar-refractivity contribution in [1.29, 1.82) is 0 Å². The molecule has 4 fully saturated rings. The van der Waals surface area contributed by atoms with Crippen LogP contribution in [-0.2, 0) is 45.3 Å². The standard InChI is InChI=1S/C45H58N4O8/c1-8-26-18-27-21-44(41(51)55-6,37-30(24-48(22-26)23-27)29-12-10-11-13-33(29)46-37)32-19-31-34(20-35(32)54-5)47(4)40-43(31)15-17-49-16-14-28(9-2)36(38(43)49)39(57-25(3)50)45(40,53)42(52)56-7/h10-13,18-20,27-28,32,35-36,38-40,46,53H,8-9,14-17,21-24H2,1-7H3/t27-,28+,32?,35?,36?,38+,39-,40-,43-,44+,45-/m1/s1. The molecule has 6 heterocycles. The number of hydrogen-bond donors (Lipinski definition) is 2. The van der Waals surface area contributed by atoms with E-state index in [0.717, 1.165) is 78.9 Å². The largest absolute Gasteiger partial charge is 0.468 e. The van der Waals surface area contributed by atoms with E-state index in [0.29, 0.717) is 19.4 Å². The van der Waals surface area contributed by atoms with Crippen molar-refractivity contribution in [2.24, 2.45) is 29.1 Å². The number of nitrogens with zero attached hydrogens (tertiary/aromatic N) is 3. The molecular weight excluding hydrogens is 725 g/mol. The normalized spacial score (nSPS) is 39.3. The Kier molecular flexibility index (Phi) is 9.34. The Hall–Kier alpha value is -3.97. The van der Waals surface area contributed by atoms with Crippen LogP contribution in [-0.4, -0.2) is 127 Å². The van der Waals surface area contributed by atoms with Crippen LogP contribution in [0.1, 0.15) is 64.1 Å². The monoisotopic (exact) mass is 782 g/mol. The average Bonchev–Trinajstić information content (AvgIpc) is 3.86. The fraction of sp³-hybridized carbons (Fsp3) is 0.622. The molecule has 5 aliphatic heterocycles. The third-order valence-corrected chi connectivity index (χ3v) is 15.5. The molecule has 12 atom stereocenters. The minimum absolute atomic E-state index is 0.0735. The van der Waals surface area contributed by atoms with E-state index in [1.54, 1.807) is 7.11 Å². The smallest absolute Gasteiger partial charge is 0.344 e. The molecule has 1 aromatic carbocycles. The summed E-state index contributed by atoms with van der Waals surface area (Å²) in [5.41, 5.74) is 2.00. The SMILES string of the molecule is CCC1=C[C@H]2CN(C1)Cc1c([nH]c3ccccc13)[C@@](C(=O)OC)(C1C=C3C(=CC1OC)N(C)[C@H]1[C@@](O)(C(=O)OC)[C@H](OC(C)=O)C4[C@@H](CC)CCN5CC[C@]31[C@H]45)C2. The van der Waals surface area contributed by atoms with Crippen molar-refractivity contribution in [1.82, 2.24) is 19.7 Å². The molecule has 12 nitrogen and oxygen atoms in total. The summed E-state index contributed by atoms with van der Waals surface area (Å²) in [6.07, 6.45) is 8.84. The number of ether oxygens (including phenoxy) is 4. The van der Waals surface area contributed by atoms with Crippen LogP contribution in [0.2, 0.25) is 0 Å². The van der Waals surface area contributed by atoms with E-state index in [-0.39, 0.29) is 29.8 Å². The van der Waals surface area contributed by atoms with E-state index in [4.69, 9.17) is 18.9 Å². The van der Waals surface area contributed by atoms with Gasteiger partial charge in [0.25, 0.3) is 0 Å². The fourth-order valence-corrected chi connectivity index (χ4v) is 13.5. The highest BCUT2D eigenvalue weighted by Crippen LogP contribution is 2.68. The van der Waals surface area contributed by atoms with Gasteiger partial charge in [0.15, 0.2) is 0 Å². The third-order valence-electron chi connectivity index (χ3n) is 15.5. The maximum atomic E-state index is 15.2. The first-order valence-corrected chi connectivity index (χ1v) is 20.9. The summed E-state index contributed by atoms with van der Waals surface area (Å²) in [6, 6.07) is 7.33. The lowest BCUT2D eigenvalue weighted by Crippen LogP contribution is -2.77. The molecule has 9 rings (SSSR count). The number of fused-ring (bicyclic) bond motifs is 6. The van der Waals surface area contributed by atoms with Crippen LogP contribution in [0.5, 0.6) is 0 Å². The van der Waals surface area contributed by atoms with Gasteiger partial charge in [-0.05, 0) is 73.9 Å². The van der Waals surface area contributed by atoms with Gasteiger partial charge >= 0.3 is 17.9 Å². The molecule has 1 aromatic heterocycles. The average molecular weight is 783 g/mol. The highest BCUT2D eigenvalue weighted by atomic mass is 16.6. The number of likely N-dealkylation sites (N-methyl/N-ethyl adjacent to an activating group) is 1. The second-order valence-corrected chi connectivity index (χ2v) is 17.8. The number of methoxy groups -OCH3 is 3. The van der Waals surface area contributed by atoms with Crippen molar-refractivity contribution in [3.63, 3.8) is 0 Å². The minimum atomic E-state index is -2.19. The number of hydrogen-bond acceptors (Lipinski definition) is 11. The number of piperidine rings is 1. The summed E-state index contributed by atoms with van der Waals surface area (Å²) in [5, 5.41) is 14.3. The number of aromatic amines is 1. The van der Waals surface area contributed by atoms with E-state index in [1.165, 1.54) is 26.7 Å². The molecule has 2 bridgehead atoms. The number of carbonyl (C=O) groups is 3. The summed E-state index contributed by atoms with van der Waals surface area (Å²) in [4.78, 5) is 53.3. The molecular formula is C45H58N4O8. The van der Waals surface area contributed by atoms with E-state index in [9.17, 15) is 14.7 Å². The Balaban J connectivity index is 1.32. The van der Waals surface area contributed by atoms with Crippen LogP contribution < -0.4 is 0 Å². The zero-order valence-corrected chi connectivity index (χ0v) is 34.4. The van der Waals surface area contributed by atoms with E-state index < -0.39 is 52.5 Å². The molecule has 4 unspecified atom stereocenters. The number of allylic oxidation sites excluding steroid dienone is 1. The molecule has 7 aliphatic rings. The molecule has 57 heavy (non-hydrogen) atoms. The van der Waals surface area contributed by atoms with Gasteiger partial charge < -0.3 is 33.9 Å². The lowest BCUT2D eigenvalue weighted by Gasteiger charge is -2.61. The van der Waals surface area contributed by atoms with Gasteiger partial charge in [-0.3, -0.25) is 19.4 Å². The zero-order chi connectivity index (χ0) is 40.2. The Labute approximate surface area is 335 Å². The van der Waals surface area contributed by atoms with Gasteiger partial charge in [0.05, 0.1) is 26.4 Å². The predicted molar refractivity (Wildman–Crippen MR) is 213 cm³/mol. The number of carbonyl (C=O) groups excluding carboxylic acids is 3. The number of aromatic nitrogens is 1. The maximum Gasteiger partial charge on any atom is 0.344 e. The van der Waals surface area contributed by atoms with Crippen molar-refractivity contribution in [2.75, 3.05) is 54.6 Å². The Morgan fingerprint density at radius 3 is 2.47 bits per heavy atom. The van der Waals surface area contributed by atoms with Crippen LogP contribution in [0, 0.1) is 29.1 Å². The Morgan fingerprint density at radius 1 is 1.00 bits per heavy atom. The van der Waals surface area contributed by atoms with Crippen molar-refractivity contribution in [2.45, 2.75) is 94.7 Å². The second-order valence-electron chi connectivity index (χ2n) is 17.8. The summed E-state index contributed by atoms with van der Waals surface area (Å²) >= 11 is 0. The molecule has 306 valence electrons. The van der Waals surface area contributed by atoms with Crippen LogP contribution in [0.4, 0.5) is 0 Å². The topological polar surface area (TPSA) is 134 Å². The number of H-pyrrole nitrogens is 1. The number of nitrogens with one attached hydrogen (secondary N) is 1. The van der Waals surface area contributed by atoms with Gasteiger partial charge in [-0.1, -0.05) is 56.2 Å². The lowest BCUT2D eigenvalue weighted by molar-refractivity contribution is -0.238. The molecule has 2 aromatic rings. The first kappa shape index (κ1) is 38.5. The zero-order valence-electron chi connectivity index (χ0n) is 34.4. The minimum Gasteiger partial charge on any atom is -0.468 e. The summed E-state index contributed by atoms with van der Waals surface area (Å²) < 4.78 is 24.1. The first-order valence-electron chi connectivity index (χ1n) is 20.9. The molecule has 1 spiro atoms. The van der Waals surface area contributed by atoms with Crippen molar-refractivity contribution in [3.05, 3.63) is 70.6 Å². The third kappa shape index (κ3) is 5.15. The number of esters is 3. The van der Waals surface area contributed by atoms with Crippen LogP contribution in [0.15, 0.2) is 59.3 Å². The molecule has 2 N–H and O–H groups in total. The number of para-hydroxylation sites is 1. The van der Waals surface area contributed by atoms with Crippen LogP contribution >= 0.6 is 0 Å². The quantitative estimate of drug-likeness (QED) is 0.234. The highest BCUT2D eigenvalue weighted by molar-refractivity contribution is 5.91. The first-order chi connectivity index (χ1) is 27.4. The molecule has 0 radical (unpaired) electrons. The fourth-order valence-electron chi connectivity index (χ4n) is 13.5. The summed E-state index contributed by atoms with van der Waals surface area (Å²) in [5.74, 6) is -2.38. The van der Waals surface area contributed by atoms with Gasteiger partial charge in [-0.2, -0.15) is 0 Å². The Morgan fingerprint density at radius 2 is 1.77 bits per heavy atom. The van der Waals surface area contributed by atoms with Gasteiger partial charge in [0, 0.05) is 86.3 Å². The van der Waals surface area contributed by atoms with Crippen LogP contribution in [0.3, 0.4) is 0 Å². The molecule has 2 aliphatic carbocycles. The molecule has 3 saturated heterocycles. The van der Waals surface area contributed by atoms with Crippen molar-refractivity contribution < 1.29 is 38.4 Å². The lowest BCUT2D eigenvalue weighted by atomic mass is 9.50. The number of aliphatic hydroxyl groups is 1. The van der Waals surface area contributed by atoms with Gasteiger partial charge in [-0.25, -0.2) is 4.79 Å². The van der Waals surface area contributed by atoms with Gasteiger partial charge in [-0.15, -0.1) is 0 Å². The van der Waals surface area contributed by atoms with E-state index in [2.05, 4.69) is 65.1 Å². The van der Waals surface area contributed by atoms with E-state index >= 15 is 4.79 Å². The molecule has 12 heteroatoms. The van der Waals surface area contributed by atoms with Crippen LogP contribution in [0.25, 0.3) is 10.9 Å². The number of rotatable bonds is 7. The maximum absolute atomic E-state index is 15.2. The van der Waals surface area contributed by atoms with Crippen molar-refractivity contribution in [3.8, 4) is 0 Å². The second kappa shape index (κ2) is 13.8. The van der Waals surface area contributed by atoms with Gasteiger partial charge in [0.1, 0.15) is 11.5 Å². The number of likely N-dealkylation sites (tertiary alicyclic amines) is 1.